The lowest BCUT2D eigenvalue weighted by Gasteiger charge is -2.34. The summed E-state index contributed by atoms with van der Waals surface area (Å²) in [5.41, 5.74) is 2.59. The Hall–Kier alpha value is -3.76. The van der Waals surface area contributed by atoms with Gasteiger partial charge in [0.05, 0.1) is 10.2 Å². The van der Waals surface area contributed by atoms with Gasteiger partial charge in [0.15, 0.2) is 5.13 Å². The normalized spacial score (nSPS) is 11.4. The lowest BCUT2D eigenvalue weighted by molar-refractivity contribution is -0.119. The highest BCUT2D eigenvalue weighted by atomic mass is 32.1. The summed E-state index contributed by atoms with van der Waals surface area (Å²) < 4.78 is 1.04. The number of hydrogen-bond acceptors (Lipinski definition) is 3. The number of nitrogens with zero attached hydrogens (tertiary/aromatic N) is 1. The number of amides is 1. The van der Waals surface area contributed by atoms with Gasteiger partial charge in [0.2, 0.25) is 5.91 Å². The first-order valence-electron chi connectivity index (χ1n) is 10.1. The molecule has 0 spiro atoms. The summed E-state index contributed by atoms with van der Waals surface area (Å²) in [5.74, 6) is -0.129. The fourth-order valence-corrected chi connectivity index (χ4v) is 4.94. The molecule has 0 aliphatic heterocycles. The van der Waals surface area contributed by atoms with E-state index in [2.05, 4.69) is 10.3 Å². The molecule has 4 heteroatoms. The fraction of sp³-hybridized carbons (Fsp3) is 0.0370. The maximum atomic E-state index is 14.2. The van der Waals surface area contributed by atoms with Crippen LogP contribution >= 0.6 is 11.3 Å². The van der Waals surface area contributed by atoms with Crippen LogP contribution in [0.5, 0.6) is 0 Å². The third-order valence-corrected chi connectivity index (χ3v) is 6.43. The van der Waals surface area contributed by atoms with E-state index in [0.29, 0.717) is 5.13 Å². The molecule has 3 nitrogen and oxygen atoms in total. The Labute approximate surface area is 185 Å². The number of aromatic nitrogens is 1. The topological polar surface area (TPSA) is 42.0 Å². The van der Waals surface area contributed by atoms with Gasteiger partial charge in [-0.15, -0.1) is 0 Å². The molecule has 0 aliphatic carbocycles. The Morgan fingerprint density at radius 3 is 1.58 bits per heavy atom. The highest BCUT2D eigenvalue weighted by Gasteiger charge is 2.44. The van der Waals surface area contributed by atoms with Gasteiger partial charge in [0.1, 0.15) is 5.41 Å². The van der Waals surface area contributed by atoms with Crippen molar-refractivity contribution in [3.05, 3.63) is 132 Å². The van der Waals surface area contributed by atoms with E-state index in [0.717, 1.165) is 26.9 Å². The number of benzene rings is 4. The molecular formula is C27H20N2OS. The van der Waals surface area contributed by atoms with Crippen LogP contribution in [-0.2, 0) is 10.2 Å². The van der Waals surface area contributed by atoms with Crippen molar-refractivity contribution in [3.8, 4) is 0 Å². The zero-order chi connectivity index (χ0) is 21.1. The van der Waals surface area contributed by atoms with E-state index in [4.69, 9.17) is 0 Å². The molecule has 31 heavy (non-hydrogen) atoms. The minimum absolute atomic E-state index is 0.129. The number of thiazole rings is 1. The van der Waals surface area contributed by atoms with Crippen molar-refractivity contribution in [2.45, 2.75) is 5.41 Å². The average Bonchev–Trinajstić information content (AvgIpc) is 3.24. The lowest BCUT2D eigenvalue weighted by Crippen LogP contribution is -2.42. The molecule has 4 aromatic carbocycles. The van der Waals surface area contributed by atoms with Gasteiger partial charge in [-0.3, -0.25) is 4.79 Å². The first-order valence-corrected chi connectivity index (χ1v) is 10.9. The van der Waals surface area contributed by atoms with E-state index >= 15 is 0 Å². The van der Waals surface area contributed by atoms with Gasteiger partial charge >= 0.3 is 0 Å². The lowest BCUT2D eigenvalue weighted by atomic mass is 9.68. The summed E-state index contributed by atoms with van der Waals surface area (Å²) in [6.45, 7) is 0. The number of nitrogens with one attached hydrogen (secondary N) is 1. The largest absolute Gasteiger partial charge is 0.301 e. The van der Waals surface area contributed by atoms with E-state index in [9.17, 15) is 4.79 Å². The fourth-order valence-electron chi connectivity index (χ4n) is 4.07. The molecule has 0 fully saturated rings. The maximum absolute atomic E-state index is 14.2. The number of carbonyl (C=O) groups excluding carboxylic acids is 1. The van der Waals surface area contributed by atoms with Crippen molar-refractivity contribution in [1.29, 1.82) is 0 Å². The summed E-state index contributed by atoms with van der Waals surface area (Å²) in [7, 11) is 0. The molecule has 150 valence electrons. The molecule has 0 saturated heterocycles. The predicted octanol–water partition coefficient (Wildman–Crippen LogP) is 6.27. The van der Waals surface area contributed by atoms with Crippen LogP contribution in [0.2, 0.25) is 0 Å². The molecule has 0 saturated carbocycles. The zero-order valence-corrected chi connectivity index (χ0v) is 17.5. The third kappa shape index (κ3) is 3.41. The van der Waals surface area contributed by atoms with E-state index in [1.807, 2.05) is 115 Å². The number of hydrogen-bond donors (Lipinski definition) is 1. The van der Waals surface area contributed by atoms with Gasteiger partial charge < -0.3 is 5.32 Å². The Kier molecular flexibility index (Phi) is 5.06. The average molecular weight is 421 g/mol. The molecule has 0 unspecified atom stereocenters. The molecule has 1 N–H and O–H groups in total. The molecule has 1 aromatic heterocycles. The Bertz CT molecular complexity index is 1190. The van der Waals surface area contributed by atoms with Crippen LogP contribution in [0.3, 0.4) is 0 Å². The van der Waals surface area contributed by atoms with Crippen LogP contribution in [0.4, 0.5) is 5.13 Å². The summed E-state index contributed by atoms with van der Waals surface area (Å²) in [4.78, 5) is 18.8. The Morgan fingerprint density at radius 2 is 1.10 bits per heavy atom. The molecule has 0 aliphatic rings. The van der Waals surface area contributed by atoms with Gasteiger partial charge in [-0.1, -0.05) is 114 Å². The second-order valence-corrected chi connectivity index (χ2v) is 8.32. The number of anilines is 1. The van der Waals surface area contributed by atoms with E-state index in [1.54, 1.807) is 0 Å². The second kappa shape index (κ2) is 8.17. The maximum Gasteiger partial charge on any atom is 0.245 e. The third-order valence-electron chi connectivity index (χ3n) is 5.48. The van der Waals surface area contributed by atoms with Crippen molar-refractivity contribution in [3.63, 3.8) is 0 Å². The SMILES string of the molecule is O=C(Nc1nc2ccccc2s1)C(c1ccccc1)(c1ccccc1)c1ccccc1. The van der Waals surface area contributed by atoms with Crippen molar-refractivity contribution in [2.24, 2.45) is 0 Å². The van der Waals surface area contributed by atoms with Crippen LogP contribution < -0.4 is 5.32 Å². The molecule has 0 radical (unpaired) electrons. The standard InChI is InChI=1S/C27H20N2OS/c30-25(29-26-28-23-18-10-11-19-24(23)31-26)27(20-12-4-1-5-13-20,21-14-6-2-7-15-21)22-16-8-3-9-17-22/h1-19H,(H,28,29,30). The summed E-state index contributed by atoms with van der Waals surface area (Å²) in [6, 6.07) is 37.7. The molecule has 5 aromatic rings. The first-order chi connectivity index (χ1) is 15.3. The van der Waals surface area contributed by atoms with Crippen LogP contribution in [0, 0.1) is 0 Å². The molecule has 5 rings (SSSR count). The zero-order valence-electron chi connectivity index (χ0n) is 16.7. The minimum atomic E-state index is -1.01. The van der Waals surface area contributed by atoms with Crippen molar-refractivity contribution in [1.82, 2.24) is 4.98 Å². The predicted molar refractivity (Wildman–Crippen MR) is 127 cm³/mol. The highest BCUT2D eigenvalue weighted by Crippen LogP contribution is 2.40. The summed E-state index contributed by atoms with van der Waals surface area (Å²) >= 11 is 1.48. The monoisotopic (exact) mass is 420 g/mol. The minimum Gasteiger partial charge on any atom is -0.301 e. The number of rotatable bonds is 5. The number of carbonyl (C=O) groups is 1. The highest BCUT2D eigenvalue weighted by molar-refractivity contribution is 7.22. The molecule has 0 atom stereocenters. The quantitative estimate of drug-likeness (QED) is 0.341. The van der Waals surface area contributed by atoms with Crippen LogP contribution in [-0.4, -0.2) is 10.9 Å². The van der Waals surface area contributed by atoms with Gasteiger partial charge in [-0.25, -0.2) is 4.98 Å². The summed E-state index contributed by atoms with van der Waals surface area (Å²) in [5, 5.41) is 3.73. The second-order valence-electron chi connectivity index (χ2n) is 7.29. The molecule has 1 amide bonds. The van der Waals surface area contributed by atoms with Crippen LogP contribution in [0.15, 0.2) is 115 Å². The van der Waals surface area contributed by atoms with E-state index in [-0.39, 0.29) is 5.91 Å². The molecular weight excluding hydrogens is 400 g/mol. The van der Waals surface area contributed by atoms with Gasteiger partial charge in [-0.05, 0) is 28.8 Å². The Balaban J connectivity index is 1.71. The number of fused-ring (bicyclic) bond motifs is 1. The Morgan fingerprint density at radius 1 is 0.645 bits per heavy atom. The summed E-state index contributed by atoms with van der Waals surface area (Å²) in [6.07, 6.45) is 0. The smallest absolute Gasteiger partial charge is 0.245 e. The van der Waals surface area contributed by atoms with Crippen molar-refractivity contribution in [2.75, 3.05) is 5.32 Å². The van der Waals surface area contributed by atoms with E-state index in [1.165, 1.54) is 11.3 Å². The van der Waals surface area contributed by atoms with Gasteiger partial charge in [0.25, 0.3) is 0 Å². The van der Waals surface area contributed by atoms with Gasteiger partial charge in [-0.2, -0.15) is 0 Å². The number of para-hydroxylation sites is 1. The first kappa shape index (κ1) is 19.2. The molecule has 0 bridgehead atoms. The van der Waals surface area contributed by atoms with Crippen LogP contribution in [0.25, 0.3) is 10.2 Å². The van der Waals surface area contributed by atoms with E-state index < -0.39 is 5.41 Å². The van der Waals surface area contributed by atoms with Crippen molar-refractivity contribution >= 4 is 32.6 Å². The van der Waals surface area contributed by atoms with Gasteiger partial charge in [0, 0.05) is 0 Å². The van der Waals surface area contributed by atoms with Crippen LogP contribution in [0.1, 0.15) is 16.7 Å². The van der Waals surface area contributed by atoms with Crippen molar-refractivity contribution < 1.29 is 4.79 Å². The molecule has 1 heterocycles.